The van der Waals surface area contributed by atoms with Gasteiger partial charge in [-0.1, -0.05) is 15.9 Å². The van der Waals surface area contributed by atoms with Crippen LogP contribution in [0.25, 0.3) is 10.9 Å². The number of halogens is 1. The van der Waals surface area contributed by atoms with E-state index in [0.717, 1.165) is 33.2 Å². The largest absolute Gasteiger partial charge is 0.335 e. The van der Waals surface area contributed by atoms with E-state index in [9.17, 15) is 5.26 Å². The van der Waals surface area contributed by atoms with Gasteiger partial charge in [-0.2, -0.15) is 5.26 Å². The molecule has 0 bridgehead atoms. The Morgan fingerprint density at radius 3 is 2.94 bits per heavy atom. The molecule has 1 aliphatic carbocycles. The predicted octanol–water partition coefficient (Wildman–Crippen LogP) is 3.06. The van der Waals surface area contributed by atoms with E-state index < -0.39 is 0 Å². The van der Waals surface area contributed by atoms with Gasteiger partial charge in [0.05, 0.1) is 0 Å². The quantitative estimate of drug-likeness (QED) is 0.947. The summed E-state index contributed by atoms with van der Waals surface area (Å²) in [7, 11) is 1.95. The fraction of sp³-hybridized carbons (Fsp3) is 0.357. The Hall–Kier alpha value is -1.31. The Balaban J connectivity index is 2.12. The highest BCUT2D eigenvalue weighted by molar-refractivity contribution is 9.10. The van der Waals surface area contributed by atoms with Crippen LogP contribution in [0.5, 0.6) is 0 Å². The Kier molecular flexibility index (Phi) is 2.89. The molecule has 92 valence electrons. The van der Waals surface area contributed by atoms with E-state index in [1.165, 1.54) is 12.8 Å². The molecule has 1 saturated carbocycles. The SMILES string of the molecule is Cn1c(C#N)c(CNC2CC2)c2cc(Br)ccc21. The van der Waals surface area contributed by atoms with Crippen molar-refractivity contribution in [2.24, 2.45) is 7.05 Å². The molecule has 0 radical (unpaired) electrons. The topological polar surface area (TPSA) is 40.8 Å². The molecule has 1 aliphatic rings. The Bertz CT molecular complexity index is 647. The minimum atomic E-state index is 0.652. The third-order valence-electron chi connectivity index (χ3n) is 3.52. The van der Waals surface area contributed by atoms with Crippen molar-refractivity contribution in [1.29, 1.82) is 5.26 Å². The highest BCUT2D eigenvalue weighted by atomic mass is 79.9. The minimum Gasteiger partial charge on any atom is -0.335 e. The van der Waals surface area contributed by atoms with Crippen LogP contribution in [0, 0.1) is 11.3 Å². The second-order valence-corrected chi connectivity index (χ2v) is 5.73. The third kappa shape index (κ3) is 1.94. The van der Waals surface area contributed by atoms with Crippen LogP contribution in [0.3, 0.4) is 0 Å². The first-order valence-electron chi connectivity index (χ1n) is 6.11. The summed E-state index contributed by atoms with van der Waals surface area (Å²) in [4.78, 5) is 0. The van der Waals surface area contributed by atoms with Crippen LogP contribution in [-0.4, -0.2) is 10.6 Å². The summed E-state index contributed by atoms with van der Waals surface area (Å²) < 4.78 is 3.03. The van der Waals surface area contributed by atoms with Gasteiger partial charge in [0.25, 0.3) is 0 Å². The fourth-order valence-electron chi connectivity index (χ4n) is 2.35. The molecule has 0 atom stereocenters. The van der Waals surface area contributed by atoms with Crippen LogP contribution in [0.1, 0.15) is 24.1 Å². The van der Waals surface area contributed by atoms with Gasteiger partial charge in [-0.25, -0.2) is 0 Å². The van der Waals surface area contributed by atoms with Crippen LogP contribution >= 0.6 is 15.9 Å². The summed E-state index contributed by atoms with van der Waals surface area (Å²) in [5.74, 6) is 0. The molecule has 0 amide bonds. The van der Waals surface area contributed by atoms with Gasteiger partial charge >= 0.3 is 0 Å². The van der Waals surface area contributed by atoms with Crippen molar-refractivity contribution in [3.05, 3.63) is 33.9 Å². The number of aromatic nitrogens is 1. The lowest BCUT2D eigenvalue weighted by molar-refractivity contribution is 0.687. The number of hydrogen-bond donors (Lipinski definition) is 1. The Morgan fingerprint density at radius 2 is 2.28 bits per heavy atom. The molecule has 3 rings (SSSR count). The maximum absolute atomic E-state index is 9.34. The molecule has 1 aromatic heterocycles. The van der Waals surface area contributed by atoms with E-state index >= 15 is 0 Å². The van der Waals surface area contributed by atoms with Gasteiger partial charge in [-0.15, -0.1) is 0 Å². The molecule has 0 unspecified atom stereocenters. The first kappa shape index (κ1) is 11.8. The second-order valence-electron chi connectivity index (χ2n) is 4.81. The number of rotatable bonds is 3. The second kappa shape index (κ2) is 4.42. The van der Waals surface area contributed by atoms with Gasteiger partial charge in [0, 0.05) is 40.6 Å². The van der Waals surface area contributed by atoms with Crippen molar-refractivity contribution < 1.29 is 0 Å². The smallest absolute Gasteiger partial charge is 0.125 e. The zero-order valence-corrected chi connectivity index (χ0v) is 11.8. The summed E-state index contributed by atoms with van der Waals surface area (Å²) in [6.45, 7) is 0.779. The normalized spacial score (nSPS) is 14.9. The average molecular weight is 304 g/mol. The zero-order valence-electron chi connectivity index (χ0n) is 10.2. The lowest BCUT2D eigenvalue weighted by Crippen LogP contribution is -2.16. The molecule has 1 fully saturated rings. The highest BCUT2D eigenvalue weighted by Crippen LogP contribution is 2.29. The monoisotopic (exact) mass is 303 g/mol. The van der Waals surface area contributed by atoms with Crippen LogP contribution in [0.15, 0.2) is 22.7 Å². The average Bonchev–Trinajstić information content (AvgIpc) is 3.14. The molecule has 3 nitrogen and oxygen atoms in total. The van der Waals surface area contributed by atoms with E-state index in [4.69, 9.17) is 0 Å². The molecule has 1 aromatic carbocycles. The van der Waals surface area contributed by atoms with E-state index in [2.05, 4.69) is 39.4 Å². The van der Waals surface area contributed by atoms with E-state index in [-0.39, 0.29) is 0 Å². The minimum absolute atomic E-state index is 0.652. The number of nitrogens with zero attached hydrogens (tertiary/aromatic N) is 2. The van der Waals surface area contributed by atoms with Crippen molar-refractivity contribution >= 4 is 26.8 Å². The number of benzene rings is 1. The lowest BCUT2D eigenvalue weighted by atomic mass is 10.1. The van der Waals surface area contributed by atoms with Crippen molar-refractivity contribution in [2.75, 3.05) is 0 Å². The Labute approximate surface area is 115 Å². The van der Waals surface area contributed by atoms with Gasteiger partial charge in [-0.3, -0.25) is 0 Å². The zero-order chi connectivity index (χ0) is 12.7. The molecule has 1 heterocycles. The molecule has 0 spiro atoms. The third-order valence-corrected chi connectivity index (χ3v) is 4.01. The molecule has 1 N–H and O–H groups in total. The van der Waals surface area contributed by atoms with Gasteiger partial charge in [0.2, 0.25) is 0 Å². The number of nitrogens with one attached hydrogen (secondary N) is 1. The van der Waals surface area contributed by atoms with Gasteiger partial charge in [0.15, 0.2) is 0 Å². The summed E-state index contributed by atoms with van der Waals surface area (Å²) in [5.41, 5.74) is 2.99. The van der Waals surface area contributed by atoms with Crippen molar-refractivity contribution in [3.63, 3.8) is 0 Å². The standard InChI is InChI=1S/C14H14BrN3/c1-18-13-5-2-9(15)6-11(13)12(14(18)7-16)8-17-10-3-4-10/h2,5-6,10,17H,3-4,8H2,1H3. The number of nitriles is 1. The van der Waals surface area contributed by atoms with Crippen molar-refractivity contribution in [2.45, 2.75) is 25.4 Å². The molecule has 4 heteroatoms. The van der Waals surface area contributed by atoms with E-state index in [1.807, 2.05) is 17.7 Å². The maximum Gasteiger partial charge on any atom is 0.125 e. The Morgan fingerprint density at radius 1 is 1.50 bits per heavy atom. The summed E-state index contributed by atoms with van der Waals surface area (Å²) in [6, 6.07) is 9.15. The van der Waals surface area contributed by atoms with Crippen molar-refractivity contribution in [3.8, 4) is 6.07 Å². The number of hydrogen-bond acceptors (Lipinski definition) is 2. The summed E-state index contributed by atoms with van der Waals surface area (Å²) in [5, 5.41) is 14.0. The van der Waals surface area contributed by atoms with Crippen LogP contribution < -0.4 is 5.32 Å². The fourth-order valence-corrected chi connectivity index (χ4v) is 2.71. The van der Waals surface area contributed by atoms with Crippen molar-refractivity contribution in [1.82, 2.24) is 9.88 Å². The summed E-state index contributed by atoms with van der Waals surface area (Å²) >= 11 is 3.50. The maximum atomic E-state index is 9.34. The van der Waals surface area contributed by atoms with E-state index in [0.29, 0.717) is 6.04 Å². The van der Waals surface area contributed by atoms with Crippen LogP contribution in [0.2, 0.25) is 0 Å². The first-order valence-corrected chi connectivity index (χ1v) is 6.90. The first-order chi connectivity index (χ1) is 8.70. The van der Waals surface area contributed by atoms with Gasteiger partial charge in [-0.05, 0) is 31.0 Å². The number of fused-ring (bicyclic) bond motifs is 1. The highest BCUT2D eigenvalue weighted by Gasteiger charge is 2.22. The molecule has 0 saturated heterocycles. The molecular formula is C14H14BrN3. The molecular weight excluding hydrogens is 290 g/mol. The van der Waals surface area contributed by atoms with Crippen LogP contribution in [-0.2, 0) is 13.6 Å². The molecule has 18 heavy (non-hydrogen) atoms. The van der Waals surface area contributed by atoms with Gasteiger partial charge < -0.3 is 9.88 Å². The summed E-state index contributed by atoms with van der Waals surface area (Å²) in [6.07, 6.45) is 2.52. The van der Waals surface area contributed by atoms with Gasteiger partial charge in [0.1, 0.15) is 11.8 Å². The lowest BCUT2D eigenvalue weighted by Gasteiger charge is -2.02. The predicted molar refractivity (Wildman–Crippen MR) is 75.2 cm³/mol. The van der Waals surface area contributed by atoms with Crippen LogP contribution in [0.4, 0.5) is 0 Å². The number of aryl methyl sites for hydroxylation is 1. The molecule has 0 aliphatic heterocycles. The molecule has 2 aromatic rings. The van der Waals surface area contributed by atoms with E-state index in [1.54, 1.807) is 0 Å².